The van der Waals surface area contributed by atoms with Crippen LogP contribution in [0.5, 0.6) is 5.75 Å². The van der Waals surface area contributed by atoms with E-state index in [4.69, 9.17) is 15.6 Å². The van der Waals surface area contributed by atoms with E-state index in [1.54, 1.807) is 0 Å². The smallest absolute Gasteiger partial charge is 0.191 e. The number of rotatable bonds is 7. The molecule has 0 atom stereocenters. The number of terminal acetylenes is 1. The van der Waals surface area contributed by atoms with E-state index in [1.807, 2.05) is 12.1 Å². The first kappa shape index (κ1) is 17.8. The Balaban J connectivity index is 2.35. The summed E-state index contributed by atoms with van der Waals surface area (Å²) in [6, 6.07) is 8.14. The predicted molar refractivity (Wildman–Crippen MR) is 92.2 cm³/mol. The van der Waals surface area contributed by atoms with Crippen LogP contribution in [0.1, 0.15) is 32.8 Å². The standard InChI is InChI=1S/C18H28O2Si/c1-7-14-19-17-12-10-16(11-13-17)9-8-15-20-21(5,6)18(2,3)4/h1,10-13H,8-9,14-15H2,2-6H3. The van der Waals surface area contributed by atoms with Gasteiger partial charge in [-0.15, -0.1) is 6.42 Å². The van der Waals surface area contributed by atoms with E-state index >= 15 is 0 Å². The van der Waals surface area contributed by atoms with Crippen molar-refractivity contribution in [2.75, 3.05) is 13.2 Å². The summed E-state index contributed by atoms with van der Waals surface area (Å²) in [5.74, 6) is 3.29. The summed E-state index contributed by atoms with van der Waals surface area (Å²) in [5, 5.41) is 0.281. The lowest BCUT2D eigenvalue weighted by atomic mass is 10.1. The minimum atomic E-state index is -1.61. The molecular weight excluding hydrogens is 276 g/mol. The zero-order valence-electron chi connectivity index (χ0n) is 14.0. The first-order chi connectivity index (χ1) is 9.76. The van der Waals surface area contributed by atoms with Crippen LogP contribution in [0, 0.1) is 12.3 Å². The number of aryl methyl sites for hydroxylation is 1. The van der Waals surface area contributed by atoms with Crippen molar-refractivity contribution in [1.29, 1.82) is 0 Å². The van der Waals surface area contributed by atoms with E-state index in [0.29, 0.717) is 6.61 Å². The molecule has 1 aromatic rings. The highest BCUT2D eigenvalue weighted by Crippen LogP contribution is 2.36. The van der Waals surface area contributed by atoms with Gasteiger partial charge >= 0.3 is 0 Å². The molecule has 0 fully saturated rings. The molecule has 116 valence electrons. The Labute approximate surface area is 131 Å². The molecule has 1 aromatic carbocycles. The van der Waals surface area contributed by atoms with E-state index in [0.717, 1.165) is 25.2 Å². The minimum Gasteiger partial charge on any atom is -0.481 e. The summed E-state index contributed by atoms with van der Waals surface area (Å²) in [5.41, 5.74) is 1.31. The van der Waals surface area contributed by atoms with Gasteiger partial charge in [-0.25, -0.2) is 0 Å². The van der Waals surface area contributed by atoms with Crippen LogP contribution in [0.3, 0.4) is 0 Å². The molecule has 0 aromatic heterocycles. The fraction of sp³-hybridized carbons (Fsp3) is 0.556. The highest BCUT2D eigenvalue weighted by molar-refractivity contribution is 6.74. The van der Waals surface area contributed by atoms with Gasteiger partial charge in [-0.2, -0.15) is 0 Å². The fourth-order valence-corrected chi connectivity index (χ4v) is 2.79. The predicted octanol–water partition coefficient (Wildman–Crippen LogP) is 4.65. The van der Waals surface area contributed by atoms with Crippen LogP contribution in [-0.4, -0.2) is 21.5 Å². The molecule has 0 N–H and O–H groups in total. The lowest BCUT2D eigenvalue weighted by molar-refractivity contribution is 0.282. The van der Waals surface area contributed by atoms with Gasteiger partial charge in [0.25, 0.3) is 0 Å². The van der Waals surface area contributed by atoms with Gasteiger partial charge in [0.2, 0.25) is 0 Å². The van der Waals surface area contributed by atoms with E-state index in [2.05, 4.69) is 51.9 Å². The Bertz CT molecular complexity index is 463. The SMILES string of the molecule is C#CCOc1ccc(CCCO[Si](C)(C)C(C)(C)C)cc1. The normalized spacial score (nSPS) is 12.0. The number of hydrogen-bond donors (Lipinski definition) is 0. The maximum absolute atomic E-state index is 6.18. The highest BCUT2D eigenvalue weighted by atomic mass is 28.4. The molecule has 0 bridgehead atoms. The number of hydrogen-bond acceptors (Lipinski definition) is 2. The van der Waals surface area contributed by atoms with Gasteiger partial charge < -0.3 is 9.16 Å². The summed E-state index contributed by atoms with van der Waals surface area (Å²) < 4.78 is 11.5. The Morgan fingerprint density at radius 3 is 2.29 bits per heavy atom. The summed E-state index contributed by atoms with van der Waals surface area (Å²) >= 11 is 0. The molecule has 0 unspecified atom stereocenters. The molecule has 0 radical (unpaired) electrons. The minimum absolute atomic E-state index is 0.281. The van der Waals surface area contributed by atoms with Crippen LogP contribution >= 0.6 is 0 Å². The maximum atomic E-state index is 6.18. The second-order valence-corrected chi connectivity index (χ2v) is 11.7. The molecule has 21 heavy (non-hydrogen) atoms. The summed E-state index contributed by atoms with van der Waals surface area (Å²) in [4.78, 5) is 0. The van der Waals surface area contributed by atoms with Crippen LogP contribution in [0.25, 0.3) is 0 Å². The molecule has 0 amide bonds. The molecule has 0 saturated heterocycles. The topological polar surface area (TPSA) is 18.5 Å². The molecule has 0 aliphatic carbocycles. The summed E-state index contributed by atoms with van der Waals surface area (Å²) in [7, 11) is -1.61. The average molecular weight is 305 g/mol. The van der Waals surface area contributed by atoms with Crippen LogP contribution in [-0.2, 0) is 10.8 Å². The lowest BCUT2D eigenvalue weighted by Crippen LogP contribution is -2.41. The molecule has 0 heterocycles. The van der Waals surface area contributed by atoms with Gasteiger partial charge in [-0.1, -0.05) is 38.8 Å². The Morgan fingerprint density at radius 2 is 1.76 bits per heavy atom. The Kier molecular flexibility index (Phi) is 6.51. The van der Waals surface area contributed by atoms with Gasteiger partial charge in [0.05, 0.1) is 0 Å². The Hall–Kier alpha value is -1.24. The molecule has 3 heteroatoms. The molecule has 0 spiro atoms. The van der Waals surface area contributed by atoms with Crippen LogP contribution in [0.4, 0.5) is 0 Å². The van der Waals surface area contributed by atoms with Crippen molar-refractivity contribution < 1.29 is 9.16 Å². The van der Waals surface area contributed by atoms with E-state index in [1.165, 1.54) is 5.56 Å². The highest BCUT2D eigenvalue weighted by Gasteiger charge is 2.36. The second kappa shape index (κ2) is 7.68. The molecule has 2 nitrogen and oxygen atoms in total. The first-order valence-electron chi connectivity index (χ1n) is 7.55. The van der Waals surface area contributed by atoms with Crippen molar-refractivity contribution in [3.8, 4) is 18.1 Å². The fourth-order valence-electron chi connectivity index (χ4n) is 1.70. The van der Waals surface area contributed by atoms with Crippen LogP contribution in [0.15, 0.2) is 24.3 Å². The summed E-state index contributed by atoms with van der Waals surface area (Å²) in [6.07, 6.45) is 7.25. The van der Waals surface area contributed by atoms with Crippen molar-refractivity contribution in [2.24, 2.45) is 0 Å². The second-order valence-electron chi connectivity index (χ2n) is 6.85. The summed E-state index contributed by atoms with van der Waals surface area (Å²) in [6.45, 7) is 12.6. The lowest BCUT2D eigenvalue weighted by Gasteiger charge is -2.36. The average Bonchev–Trinajstić information content (AvgIpc) is 2.41. The van der Waals surface area contributed by atoms with E-state index < -0.39 is 8.32 Å². The van der Waals surface area contributed by atoms with Crippen molar-refractivity contribution >= 4 is 8.32 Å². The third-order valence-corrected chi connectivity index (χ3v) is 8.66. The number of benzene rings is 1. The quantitative estimate of drug-likeness (QED) is 0.414. The van der Waals surface area contributed by atoms with Crippen molar-refractivity contribution in [3.63, 3.8) is 0 Å². The van der Waals surface area contributed by atoms with Gasteiger partial charge in [0.15, 0.2) is 8.32 Å². The Morgan fingerprint density at radius 1 is 1.14 bits per heavy atom. The van der Waals surface area contributed by atoms with Gasteiger partial charge in [-0.3, -0.25) is 0 Å². The van der Waals surface area contributed by atoms with Gasteiger partial charge in [0, 0.05) is 6.61 Å². The monoisotopic (exact) mass is 304 g/mol. The van der Waals surface area contributed by atoms with Gasteiger partial charge in [0.1, 0.15) is 12.4 Å². The largest absolute Gasteiger partial charge is 0.481 e. The molecule has 0 aliphatic heterocycles. The molecule has 1 rings (SSSR count). The molecular formula is C18H28O2Si. The van der Waals surface area contributed by atoms with Crippen molar-refractivity contribution in [3.05, 3.63) is 29.8 Å². The third-order valence-electron chi connectivity index (χ3n) is 4.12. The van der Waals surface area contributed by atoms with E-state index in [-0.39, 0.29) is 5.04 Å². The van der Waals surface area contributed by atoms with Crippen molar-refractivity contribution in [1.82, 2.24) is 0 Å². The first-order valence-corrected chi connectivity index (χ1v) is 10.5. The third kappa shape index (κ3) is 5.95. The van der Waals surface area contributed by atoms with Gasteiger partial charge in [-0.05, 0) is 48.7 Å². The van der Waals surface area contributed by atoms with Crippen molar-refractivity contribution in [2.45, 2.75) is 51.7 Å². The molecule has 0 saturated carbocycles. The zero-order valence-corrected chi connectivity index (χ0v) is 15.0. The maximum Gasteiger partial charge on any atom is 0.191 e. The van der Waals surface area contributed by atoms with E-state index in [9.17, 15) is 0 Å². The number of ether oxygens (including phenoxy) is 1. The van der Waals surface area contributed by atoms with Crippen LogP contribution in [0.2, 0.25) is 18.1 Å². The molecule has 0 aliphatic rings. The zero-order chi connectivity index (χ0) is 15.9. The van der Waals surface area contributed by atoms with Crippen LogP contribution < -0.4 is 4.74 Å².